The number of hydrogen-bond acceptors (Lipinski definition) is 2. The van der Waals surface area contributed by atoms with Crippen molar-refractivity contribution in [3.05, 3.63) is 76.5 Å². The van der Waals surface area contributed by atoms with Gasteiger partial charge in [0, 0.05) is 29.0 Å². The van der Waals surface area contributed by atoms with Gasteiger partial charge in [-0.05, 0) is 46.7 Å². The summed E-state index contributed by atoms with van der Waals surface area (Å²) in [4.78, 5) is 16.2. The molecular weight excluding hydrogens is 328 g/mol. The van der Waals surface area contributed by atoms with Crippen LogP contribution in [-0.2, 0) is 6.54 Å². The van der Waals surface area contributed by atoms with E-state index < -0.39 is 0 Å². The summed E-state index contributed by atoms with van der Waals surface area (Å²) in [5.74, 6) is -0.0799. The van der Waals surface area contributed by atoms with Gasteiger partial charge in [0.2, 0.25) is 0 Å². The molecular formula is C17H13BrN2O. The van der Waals surface area contributed by atoms with Gasteiger partial charge in [-0.1, -0.05) is 34.1 Å². The van der Waals surface area contributed by atoms with E-state index in [2.05, 4.69) is 26.2 Å². The smallest absolute Gasteiger partial charge is 0.251 e. The predicted octanol–water partition coefficient (Wildman–Crippen LogP) is 3.93. The van der Waals surface area contributed by atoms with Crippen LogP contribution in [0.3, 0.4) is 0 Å². The Morgan fingerprint density at radius 2 is 1.90 bits per heavy atom. The first kappa shape index (κ1) is 13.8. The Morgan fingerprint density at radius 3 is 2.71 bits per heavy atom. The normalized spacial score (nSPS) is 10.5. The Morgan fingerprint density at radius 1 is 1.10 bits per heavy atom. The number of pyridine rings is 1. The molecule has 1 heterocycles. The number of hydrogen-bond donors (Lipinski definition) is 1. The van der Waals surface area contributed by atoms with E-state index in [-0.39, 0.29) is 5.91 Å². The van der Waals surface area contributed by atoms with Gasteiger partial charge in [0.25, 0.3) is 5.91 Å². The number of aromatic nitrogens is 1. The molecule has 0 unspecified atom stereocenters. The van der Waals surface area contributed by atoms with Gasteiger partial charge in [-0.2, -0.15) is 0 Å². The van der Waals surface area contributed by atoms with Crippen molar-refractivity contribution < 1.29 is 4.79 Å². The number of rotatable bonds is 3. The number of amides is 1. The van der Waals surface area contributed by atoms with Crippen LogP contribution in [0.25, 0.3) is 10.8 Å². The molecule has 0 aliphatic rings. The Kier molecular flexibility index (Phi) is 3.97. The zero-order valence-electron chi connectivity index (χ0n) is 11.2. The van der Waals surface area contributed by atoms with Crippen molar-refractivity contribution >= 4 is 32.6 Å². The van der Waals surface area contributed by atoms with Crippen molar-refractivity contribution in [3.8, 4) is 0 Å². The second-order valence-electron chi connectivity index (χ2n) is 4.75. The van der Waals surface area contributed by atoms with Crippen LogP contribution >= 0.6 is 15.9 Å². The van der Waals surface area contributed by atoms with Gasteiger partial charge in [0.05, 0.1) is 0 Å². The molecule has 0 spiro atoms. The molecule has 0 radical (unpaired) electrons. The zero-order valence-corrected chi connectivity index (χ0v) is 12.8. The first-order valence-electron chi connectivity index (χ1n) is 6.59. The van der Waals surface area contributed by atoms with E-state index in [9.17, 15) is 4.79 Å². The van der Waals surface area contributed by atoms with E-state index in [1.807, 2.05) is 48.5 Å². The number of halogens is 1. The molecule has 0 bridgehead atoms. The van der Waals surface area contributed by atoms with E-state index in [0.717, 1.165) is 20.8 Å². The molecule has 0 saturated heterocycles. The first-order chi connectivity index (χ1) is 10.2. The number of carbonyl (C=O) groups excluding carboxylic acids is 1. The van der Waals surface area contributed by atoms with E-state index >= 15 is 0 Å². The quantitative estimate of drug-likeness (QED) is 0.784. The van der Waals surface area contributed by atoms with Gasteiger partial charge in [-0.25, -0.2) is 0 Å². The topological polar surface area (TPSA) is 42.0 Å². The average molecular weight is 341 g/mol. The van der Waals surface area contributed by atoms with Gasteiger partial charge < -0.3 is 5.32 Å². The fourth-order valence-corrected chi connectivity index (χ4v) is 2.52. The van der Waals surface area contributed by atoms with Crippen LogP contribution in [0.2, 0.25) is 0 Å². The van der Waals surface area contributed by atoms with Gasteiger partial charge in [0.15, 0.2) is 0 Å². The van der Waals surface area contributed by atoms with Crippen molar-refractivity contribution in [2.75, 3.05) is 0 Å². The number of carbonyl (C=O) groups is 1. The molecule has 1 aromatic heterocycles. The maximum atomic E-state index is 12.2. The van der Waals surface area contributed by atoms with Gasteiger partial charge in [-0.15, -0.1) is 0 Å². The minimum atomic E-state index is -0.0799. The van der Waals surface area contributed by atoms with Crippen LogP contribution in [0.1, 0.15) is 15.9 Å². The van der Waals surface area contributed by atoms with E-state index in [1.165, 1.54) is 0 Å². The third kappa shape index (κ3) is 3.28. The number of fused-ring (bicyclic) bond motifs is 1. The van der Waals surface area contributed by atoms with Crippen LogP contribution < -0.4 is 5.32 Å². The standard InChI is InChI=1S/C17H13BrN2O/c18-16-6-5-13-8-15(4-3-14(13)9-16)17(21)20-11-12-2-1-7-19-10-12/h1-10H,11H2,(H,20,21). The lowest BCUT2D eigenvalue weighted by Crippen LogP contribution is -2.22. The molecule has 0 aliphatic carbocycles. The highest BCUT2D eigenvalue weighted by atomic mass is 79.9. The molecule has 0 saturated carbocycles. The maximum absolute atomic E-state index is 12.2. The van der Waals surface area contributed by atoms with Crippen LogP contribution in [0.4, 0.5) is 0 Å². The average Bonchev–Trinajstić information content (AvgIpc) is 2.53. The molecule has 1 N–H and O–H groups in total. The van der Waals surface area contributed by atoms with Crippen LogP contribution in [0.5, 0.6) is 0 Å². The van der Waals surface area contributed by atoms with Gasteiger partial charge in [0.1, 0.15) is 0 Å². The summed E-state index contributed by atoms with van der Waals surface area (Å²) < 4.78 is 1.03. The van der Waals surface area contributed by atoms with Gasteiger partial charge >= 0.3 is 0 Å². The molecule has 3 nitrogen and oxygen atoms in total. The Bertz CT molecular complexity index is 787. The minimum absolute atomic E-state index is 0.0799. The number of benzene rings is 2. The maximum Gasteiger partial charge on any atom is 0.251 e. The second-order valence-corrected chi connectivity index (χ2v) is 5.67. The second kappa shape index (κ2) is 6.06. The van der Waals surface area contributed by atoms with E-state index in [0.29, 0.717) is 12.1 Å². The lowest BCUT2D eigenvalue weighted by atomic mass is 10.1. The summed E-state index contributed by atoms with van der Waals surface area (Å²) in [5, 5.41) is 5.06. The third-order valence-electron chi connectivity index (χ3n) is 3.24. The molecule has 0 aliphatic heterocycles. The van der Waals surface area contributed by atoms with Crippen LogP contribution in [-0.4, -0.2) is 10.9 Å². The molecule has 0 fully saturated rings. The fourth-order valence-electron chi connectivity index (χ4n) is 2.14. The highest BCUT2D eigenvalue weighted by molar-refractivity contribution is 9.10. The Labute approximate surface area is 131 Å². The summed E-state index contributed by atoms with van der Waals surface area (Å²) >= 11 is 3.45. The summed E-state index contributed by atoms with van der Waals surface area (Å²) in [6.07, 6.45) is 3.46. The molecule has 3 rings (SSSR count). The molecule has 3 aromatic rings. The van der Waals surface area contributed by atoms with Crippen molar-refractivity contribution in [2.24, 2.45) is 0 Å². The number of nitrogens with zero attached hydrogens (tertiary/aromatic N) is 1. The summed E-state index contributed by atoms with van der Waals surface area (Å²) in [7, 11) is 0. The highest BCUT2D eigenvalue weighted by Crippen LogP contribution is 2.21. The summed E-state index contributed by atoms with van der Waals surface area (Å²) in [6, 6.07) is 15.5. The fraction of sp³-hybridized carbons (Fsp3) is 0.0588. The van der Waals surface area contributed by atoms with Crippen molar-refractivity contribution in [2.45, 2.75) is 6.54 Å². The SMILES string of the molecule is O=C(NCc1cccnc1)c1ccc2cc(Br)ccc2c1. The monoisotopic (exact) mass is 340 g/mol. The van der Waals surface area contributed by atoms with E-state index in [4.69, 9.17) is 0 Å². The van der Waals surface area contributed by atoms with E-state index in [1.54, 1.807) is 12.4 Å². The van der Waals surface area contributed by atoms with Gasteiger partial charge in [-0.3, -0.25) is 9.78 Å². The number of nitrogens with one attached hydrogen (secondary N) is 1. The lowest BCUT2D eigenvalue weighted by Gasteiger charge is -2.06. The van der Waals surface area contributed by atoms with Crippen molar-refractivity contribution in [3.63, 3.8) is 0 Å². The predicted molar refractivity (Wildman–Crippen MR) is 87.1 cm³/mol. The minimum Gasteiger partial charge on any atom is -0.348 e. The molecule has 21 heavy (non-hydrogen) atoms. The molecule has 104 valence electrons. The van der Waals surface area contributed by atoms with Crippen molar-refractivity contribution in [1.82, 2.24) is 10.3 Å². The van der Waals surface area contributed by atoms with Crippen LogP contribution in [0.15, 0.2) is 65.4 Å². The molecule has 4 heteroatoms. The molecule has 2 aromatic carbocycles. The molecule has 0 atom stereocenters. The highest BCUT2D eigenvalue weighted by Gasteiger charge is 2.06. The first-order valence-corrected chi connectivity index (χ1v) is 7.38. The Hall–Kier alpha value is -2.20. The summed E-state index contributed by atoms with van der Waals surface area (Å²) in [5.41, 5.74) is 1.64. The zero-order chi connectivity index (χ0) is 14.7. The lowest BCUT2D eigenvalue weighted by molar-refractivity contribution is 0.0951. The van der Waals surface area contributed by atoms with Crippen molar-refractivity contribution in [1.29, 1.82) is 0 Å². The Balaban J connectivity index is 1.77. The molecule has 1 amide bonds. The largest absolute Gasteiger partial charge is 0.348 e. The third-order valence-corrected chi connectivity index (χ3v) is 3.73. The summed E-state index contributed by atoms with van der Waals surface area (Å²) in [6.45, 7) is 0.477. The van der Waals surface area contributed by atoms with Crippen LogP contribution in [0, 0.1) is 0 Å².